The van der Waals surface area contributed by atoms with Crippen molar-refractivity contribution in [3.05, 3.63) is 22.9 Å². The largest absolute Gasteiger partial charge is 0.487 e. The highest BCUT2D eigenvalue weighted by Gasteiger charge is 2.50. The summed E-state index contributed by atoms with van der Waals surface area (Å²) in [5.41, 5.74) is 4.01. The lowest BCUT2D eigenvalue weighted by Gasteiger charge is -2.32. The normalized spacial score (nSPS) is 21.1. The topological polar surface area (TPSA) is 36.3 Å². The van der Waals surface area contributed by atoms with Crippen molar-refractivity contribution in [2.75, 3.05) is 0 Å². The van der Waals surface area contributed by atoms with E-state index >= 15 is 0 Å². The van der Waals surface area contributed by atoms with E-state index in [9.17, 15) is 0 Å². The van der Waals surface area contributed by atoms with Gasteiger partial charge >= 0.3 is 7.12 Å². The first-order valence-electron chi connectivity index (χ1n) is 7.67. The Morgan fingerprint density at radius 1 is 1.19 bits per heavy atom. The van der Waals surface area contributed by atoms with E-state index in [1.54, 1.807) is 0 Å². The number of allylic oxidation sites excluding steroid dienone is 1. The van der Waals surface area contributed by atoms with Crippen LogP contribution < -0.4 is 0 Å². The standard InChI is InChI=1S/C16H27BN2O2/c1-9-19-13(4)14(12(3)18-19)11(2)10-17-20-15(5,6)16(7,8)21-17/h10H,9H2,1-8H3/b11-10+. The molecular formula is C16H27BN2O2. The summed E-state index contributed by atoms with van der Waals surface area (Å²) in [4.78, 5) is 0. The van der Waals surface area contributed by atoms with Crippen molar-refractivity contribution in [1.82, 2.24) is 9.78 Å². The second-order valence-electron chi connectivity index (χ2n) is 6.84. The van der Waals surface area contributed by atoms with Crippen molar-refractivity contribution in [2.45, 2.75) is 73.1 Å². The van der Waals surface area contributed by atoms with Gasteiger partial charge in [0.2, 0.25) is 0 Å². The highest BCUT2D eigenvalue weighted by atomic mass is 16.7. The van der Waals surface area contributed by atoms with Crippen LogP contribution in [0.25, 0.3) is 5.57 Å². The molecule has 1 aromatic heterocycles. The molecule has 0 amide bonds. The maximum absolute atomic E-state index is 6.04. The third-order valence-corrected chi connectivity index (χ3v) is 4.73. The minimum Gasteiger partial charge on any atom is -0.400 e. The third kappa shape index (κ3) is 2.81. The molecule has 2 rings (SSSR count). The van der Waals surface area contributed by atoms with Gasteiger partial charge in [0, 0.05) is 17.8 Å². The number of hydrogen-bond acceptors (Lipinski definition) is 3. The molecule has 0 saturated carbocycles. The molecule has 0 bridgehead atoms. The van der Waals surface area contributed by atoms with Crippen LogP contribution in [0, 0.1) is 13.8 Å². The summed E-state index contributed by atoms with van der Waals surface area (Å²) in [6.07, 6.45) is 0. The molecule has 21 heavy (non-hydrogen) atoms. The highest BCUT2D eigenvalue weighted by Crippen LogP contribution is 2.37. The van der Waals surface area contributed by atoms with Gasteiger partial charge in [-0.1, -0.05) is 5.98 Å². The summed E-state index contributed by atoms with van der Waals surface area (Å²) >= 11 is 0. The summed E-state index contributed by atoms with van der Waals surface area (Å²) in [5.74, 6) is 2.06. The van der Waals surface area contributed by atoms with Gasteiger partial charge in [-0.2, -0.15) is 5.10 Å². The molecule has 1 saturated heterocycles. The zero-order valence-electron chi connectivity index (χ0n) is 14.6. The van der Waals surface area contributed by atoms with Crippen molar-refractivity contribution >= 4 is 12.7 Å². The van der Waals surface area contributed by atoms with Gasteiger partial charge < -0.3 is 9.31 Å². The van der Waals surface area contributed by atoms with Crippen LogP contribution in [0.2, 0.25) is 0 Å². The summed E-state index contributed by atoms with van der Waals surface area (Å²) in [5, 5.41) is 4.58. The minimum atomic E-state index is -0.307. The van der Waals surface area contributed by atoms with Crippen LogP contribution in [0.3, 0.4) is 0 Å². The van der Waals surface area contributed by atoms with E-state index in [4.69, 9.17) is 9.31 Å². The molecule has 116 valence electrons. The van der Waals surface area contributed by atoms with Crippen LogP contribution >= 0.6 is 0 Å². The fourth-order valence-electron chi connectivity index (χ4n) is 2.82. The Kier molecular flexibility index (Phi) is 4.11. The van der Waals surface area contributed by atoms with Gasteiger partial charge in [-0.15, -0.1) is 0 Å². The quantitative estimate of drug-likeness (QED) is 0.799. The third-order valence-electron chi connectivity index (χ3n) is 4.73. The van der Waals surface area contributed by atoms with Gasteiger partial charge in [0.1, 0.15) is 0 Å². The first-order chi connectivity index (χ1) is 9.59. The molecule has 0 aliphatic carbocycles. The smallest absolute Gasteiger partial charge is 0.400 e. The molecule has 5 heteroatoms. The van der Waals surface area contributed by atoms with E-state index in [2.05, 4.69) is 66.5 Å². The lowest BCUT2D eigenvalue weighted by Crippen LogP contribution is -2.41. The predicted molar refractivity (Wildman–Crippen MR) is 87.1 cm³/mol. The first-order valence-corrected chi connectivity index (χ1v) is 7.67. The van der Waals surface area contributed by atoms with Crippen LogP contribution in [0.15, 0.2) is 5.98 Å². The van der Waals surface area contributed by atoms with Crippen LogP contribution in [0.1, 0.15) is 58.5 Å². The van der Waals surface area contributed by atoms with Gasteiger partial charge in [0.15, 0.2) is 0 Å². The van der Waals surface area contributed by atoms with Crippen molar-refractivity contribution < 1.29 is 9.31 Å². The number of rotatable bonds is 3. The Morgan fingerprint density at radius 2 is 1.71 bits per heavy atom. The summed E-state index contributed by atoms with van der Waals surface area (Å²) in [6.45, 7) is 17.5. The predicted octanol–water partition coefficient (Wildman–Crippen LogP) is 3.55. The Morgan fingerprint density at radius 3 is 2.14 bits per heavy atom. The van der Waals surface area contributed by atoms with E-state index in [0.717, 1.165) is 17.8 Å². The molecule has 0 radical (unpaired) electrons. The van der Waals surface area contributed by atoms with Crippen LogP contribution in [0.4, 0.5) is 0 Å². The van der Waals surface area contributed by atoms with Gasteiger partial charge in [0.05, 0.1) is 16.9 Å². The molecule has 4 nitrogen and oxygen atoms in total. The Labute approximate surface area is 128 Å². The molecule has 0 unspecified atom stereocenters. The number of hydrogen-bond donors (Lipinski definition) is 0. The number of aromatic nitrogens is 2. The van der Waals surface area contributed by atoms with E-state index in [1.807, 2.05) is 4.68 Å². The van der Waals surface area contributed by atoms with Gasteiger partial charge in [-0.3, -0.25) is 4.68 Å². The molecular weight excluding hydrogens is 263 g/mol. The van der Waals surface area contributed by atoms with E-state index in [0.29, 0.717) is 0 Å². The molecule has 0 atom stereocenters. The van der Waals surface area contributed by atoms with Crippen LogP contribution in [-0.2, 0) is 15.9 Å². The lowest BCUT2D eigenvalue weighted by atomic mass is 9.85. The summed E-state index contributed by atoms with van der Waals surface area (Å²) in [6, 6.07) is 0. The zero-order chi connectivity index (χ0) is 16.0. The van der Waals surface area contributed by atoms with E-state index in [-0.39, 0.29) is 18.3 Å². The maximum atomic E-state index is 6.04. The lowest BCUT2D eigenvalue weighted by molar-refractivity contribution is 0.00578. The monoisotopic (exact) mass is 290 g/mol. The second kappa shape index (κ2) is 5.29. The average molecular weight is 290 g/mol. The van der Waals surface area contributed by atoms with E-state index < -0.39 is 0 Å². The molecule has 1 aromatic rings. The van der Waals surface area contributed by atoms with Crippen molar-refractivity contribution in [3.63, 3.8) is 0 Å². The Bertz CT molecular complexity index is 557. The molecule has 0 aromatic carbocycles. The van der Waals surface area contributed by atoms with Crippen molar-refractivity contribution in [3.8, 4) is 0 Å². The molecule has 0 spiro atoms. The summed E-state index contributed by atoms with van der Waals surface area (Å²) < 4.78 is 14.1. The van der Waals surface area contributed by atoms with Gasteiger partial charge in [-0.05, 0) is 61.0 Å². The molecule has 1 aliphatic rings. The second-order valence-corrected chi connectivity index (χ2v) is 6.84. The number of nitrogens with zero attached hydrogens (tertiary/aromatic N) is 2. The highest BCUT2D eigenvalue weighted by molar-refractivity contribution is 6.53. The van der Waals surface area contributed by atoms with Gasteiger partial charge in [0.25, 0.3) is 0 Å². The Balaban J connectivity index is 2.30. The van der Waals surface area contributed by atoms with Crippen molar-refractivity contribution in [1.29, 1.82) is 0 Å². The SMILES string of the molecule is CCn1nc(C)c(/C(C)=C/B2OC(C)(C)C(C)(C)O2)c1C. The molecule has 1 fully saturated rings. The maximum Gasteiger partial charge on any atom is 0.487 e. The zero-order valence-corrected chi connectivity index (χ0v) is 14.6. The minimum absolute atomic E-state index is 0.299. The molecule has 1 aliphatic heterocycles. The van der Waals surface area contributed by atoms with Crippen molar-refractivity contribution in [2.24, 2.45) is 0 Å². The number of aryl methyl sites for hydroxylation is 2. The fraction of sp³-hybridized carbons (Fsp3) is 0.688. The Hall–Kier alpha value is -1.07. The summed E-state index contributed by atoms with van der Waals surface area (Å²) in [7, 11) is -0.307. The van der Waals surface area contributed by atoms with E-state index in [1.165, 1.54) is 11.3 Å². The fourth-order valence-corrected chi connectivity index (χ4v) is 2.82. The molecule has 0 N–H and O–H groups in total. The van der Waals surface area contributed by atoms with Gasteiger partial charge in [-0.25, -0.2) is 0 Å². The van der Waals surface area contributed by atoms with Crippen LogP contribution in [0.5, 0.6) is 0 Å². The molecule has 2 heterocycles. The first kappa shape index (κ1) is 16.3. The average Bonchev–Trinajstić information content (AvgIpc) is 2.72. The van der Waals surface area contributed by atoms with Crippen LogP contribution in [-0.4, -0.2) is 28.1 Å².